The zero-order valence-corrected chi connectivity index (χ0v) is 16.9. The Morgan fingerprint density at radius 3 is 2.96 bits per heavy atom. The molecule has 4 rings (SSSR count). The summed E-state index contributed by atoms with van der Waals surface area (Å²) in [7, 11) is 0. The first kappa shape index (κ1) is 19.5. The molecule has 0 unspecified atom stereocenters. The van der Waals surface area contributed by atoms with E-state index in [2.05, 4.69) is 25.7 Å². The van der Waals surface area contributed by atoms with Crippen LogP contribution in [0.25, 0.3) is 0 Å². The van der Waals surface area contributed by atoms with E-state index in [0.29, 0.717) is 6.42 Å². The topological polar surface area (TPSA) is 92.5 Å². The van der Waals surface area contributed by atoms with Crippen molar-refractivity contribution in [2.24, 2.45) is 0 Å². The van der Waals surface area contributed by atoms with Gasteiger partial charge >= 0.3 is 0 Å². The number of carbonyl (C=O) groups excluding carboxylic acids is 1. The molecule has 4 heterocycles. The summed E-state index contributed by atoms with van der Waals surface area (Å²) in [6.07, 6.45) is 5.04. The van der Waals surface area contributed by atoms with Gasteiger partial charge in [-0.25, -0.2) is 4.98 Å². The molecule has 2 fully saturated rings. The van der Waals surface area contributed by atoms with Gasteiger partial charge in [-0.2, -0.15) is 5.10 Å². The van der Waals surface area contributed by atoms with Gasteiger partial charge in [-0.05, 0) is 25.8 Å². The minimum Gasteiger partial charge on any atom is -0.388 e. The van der Waals surface area contributed by atoms with E-state index in [4.69, 9.17) is 4.74 Å². The monoisotopic (exact) mass is 405 g/mol. The van der Waals surface area contributed by atoms with Crippen molar-refractivity contribution in [3.8, 4) is 0 Å². The molecule has 2 saturated heterocycles. The number of ether oxygens (including phenoxy) is 1. The fourth-order valence-electron chi connectivity index (χ4n) is 4.29. The van der Waals surface area contributed by atoms with Gasteiger partial charge in [0.1, 0.15) is 12.6 Å². The number of likely N-dealkylation sites (tertiary alicyclic amines) is 1. The van der Waals surface area contributed by atoms with Gasteiger partial charge in [-0.15, -0.1) is 11.3 Å². The van der Waals surface area contributed by atoms with E-state index in [1.807, 2.05) is 12.4 Å². The lowest BCUT2D eigenvalue weighted by atomic mass is 9.74. The zero-order chi connectivity index (χ0) is 19.6. The van der Waals surface area contributed by atoms with Crippen LogP contribution in [0.3, 0.4) is 0 Å². The van der Waals surface area contributed by atoms with E-state index in [0.717, 1.165) is 38.2 Å². The standard InChI is InChI=1S/C19H27N5O3S/c1-18(22-17(26)10-24-6-2-5-21-24)13-19(27-11-16(18)25)3-7-23(8-4-19)9-15-12-28-14-20-15/h2,5-6,12,14,16,25H,3-4,7-11,13H2,1H3,(H,22,26)/t16-,18-/m1/s1. The molecule has 0 saturated carbocycles. The molecule has 2 atom stereocenters. The Labute approximate surface area is 168 Å². The van der Waals surface area contributed by atoms with Crippen molar-refractivity contribution in [1.82, 2.24) is 25.0 Å². The van der Waals surface area contributed by atoms with Crippen LogP contribution in [0.15, 0.2) is 29.4 Å². The van der Waals surface area contributed by atoms with Gasteiger partial charge in [0, 0.05) is 43.8 Å². The quantitative estimate of drug-likeness (QED) is 0.772. The average Bonchev–Trinajstić information content (AvgIpc) is 3.35. The summed E-state index contributed by atoms with van der Waals surface area (Å²) in [5, 5.41) is 19.8. The van der Waals surface area contributed by atoms with Crippen molar-refractivity contribution in [3.05, 3.63) is 35.0 Å². The number of carbonyl (C=O) groups is 1. The number of aromatic nitrogens is 3. The molecule has 0 bridgehead atoms. The SMILES string of the molecule is C[C@@]1(NC(=O)Cn2cccn2)CC2(CCN(Cc3cscn3)CC2)OC[C@H]1O. The minimum atomic E-state index is -0.729. The fourth-order valence-corrected chi connectivity index (χ4v) is 4.84. The van der Waals surface area contributed by atoms with E-state index in [-0.39, 0.29) is 24.7 Å². The molecule has 2 aromatic rings. The first-order chi connectivity index (χ1) is 13.5. The predicted octanol–water partition coefficient (Wildman–Crippen LogP) is 1.03. The molecule has 1 amide bonds. The molecular weight excluding hydrogens is 378 g/mol. The molecule has 1 spiro atoms. The summed E-state index contributed by atoms with van der Waals surface area (Å²) >= 11 is 1.62. The Hall–Kier alpha value is -1.81. The number of amides is 1. The summed E-state index contributed by atoms with van der Waals surface area (Å²) < 4.78 is 7.71. The van der Waals surface area contributed by atoms with E-state index >= 15 is 0 Å². The van der Waals surface area contributed by atoms with Crippen molar-refractivity contribution < 1.29 is 14.6 Å². The summed E-state index contributed by atoms with van der Waals surface area (Å²) in [6, 6.07) is 1.78. The maximum Gasteiger partial charge on any atom is 0.242 e. The second-order valence-corrected chi connectivity index (χ2v) is 8.83. The number of thiazole rings is 1. The molecule has 2 aliphatic rings. The number of nitrogens with zero attached hydrogens (tertiary/aromatic N) is 4. The molecule has 152 valence electrons. The van der Waals surface area contributed by atoms with Crippen LogP contribution in [0, 0.1) is 0 Å². The van der Waals surface area contributed by atoms with Crippen LogP contribution in [-0.2, 0) is 22.6 Å². The summed E-state index contributed by atoms with van der Waals surface area (Å²) in [4.78, 5) is 19.3. The molecule has 9 heteroatoms. The average molecular weight is 406 g/mol. The number of aliphatic hydroxyl groups excluding tert-OH is 1. The van der Waals surface area contributed by atoms with Gasteiger partial charge in [-0.3, -0.25) is 14.4 Å². The Morgan fingerprint density at radius 2 is 2.29 bits per heavy atom. The van der Waals surface area contributed by atoms with Crippen molar-refractivity contribution >= 4 is 17.2 Å². The fraction of sp³-hybridized carbons (Fsp3) is 0.632. The molecule has 2 aliphatic heterocycles. The van der Waals surface area contributed by atoms with Crippen molar-refractivity contribution in [1.29, 1.82) is 0 Å². The first-order valence-electron chi connectivity index (χ1n) is 9.66. The number of piperidine rings is 1. The Morgan fingerprint density at radius 1 is 1.46 bits per heavy atom. The van der Waals surface area contributed by atoms with Gasteiger partial charge in [0.2, 0.25) is 5.91 Å². The molecule has 0 radical (unpaired) electrons. The van der Waals surface area contributed by atoms with Crippen LogP contribution in [0.5, 0.6) is 0 Å². The molecule has 2 N–H and O–H groups in total. The second-order valence-electron chi connectivity index (χ2n) is 8.11. The highest BCUT2D eigenvalue weighted by Gasteiger charge is 2.50. The summed E-state index contributed by atoms with van der Waals surface area (Å²) in [6.45, 7) is 5.01. The largest absolute Gasteiger partial charge is 0.388 e. The van der Waals surface area contributed by atoms with E-state index < -0.39 is 11.6 Å². The third-order valence-electron chi connectivity index (χ3n) is 5.90. The number of hydrogen-bond acceptors (Lipinski definition) is 7. The van der Waals surface area contributed by atoms with Crippen molar-refractivity contribution in [3.63, 3.8) is 0 Å². The molecule has 2 aromatic heterocycles. The highest BCUT2D eigenvalue weighted by atomic mass is 32.1. The summed E-state index contributed by atoms with van der Waals surface area (Å²) in [5.41, 5.74) is 1.96. The predicted molar refractivity (Wildman–Crippen MR) is 105 cm³/mol. The number of aliphatic hydroxyl groups is 1. The minimum absolute atomic E-state index is 0.143. The lowest BCUT2D eigenvalue weighted by Gasteiger charge is -2.52. The first-order valence-corrected chi connectivity index (χ1v) is 10.6. The van der Waals surface area contributed by atoms with E-state index in [1.54, 1.807) is 34.5 Å². The molecule has 0 aliphatic carbocycles. The van der Waals surface area contributed by atoms with Gasteiger partial charge in [0.15, 0.2) is 0 Å². The number of hydrogen-bond donors (Lipinski definition) is 2. The number of rotatable bonds is 5. The molecule has 28 heavy (non-hydrogen) atoms. The Kier molecular flexibility index (Phi) is 5.50. The summed E-state index contributed by atoms with van der Waals surface area (Å²) in [5.74, 6) is -0.150. The van der Waals surface area contributed by atoms with Crippen LogP contribution in [0.4, 0.5) is 0 Å². The number of nitrogens with one attached hydrogen (secondary N) is 1. The normalized spacial score (nSPS) is 27.7. The molecule has 8 nitrogen and oxygen atoms in total. The van der Waals surface area contributed by atoms with Crippen LogP contribution in [0.1, 0.15) is 31.9 Å². The highest BCUT2D eigenvalue weighted by Crippen LogP contribution is 2.40. The van der Waals surface area contributed by atoms with Crippen LogP contribution in [0.2, 0.25) is 0 Å². The zero-order valence-electron chi connectivity index (χ0n) is 16.1. The maximum absolute atomic E-state index is 12.5. The van der Waals surface area contributed by atoms with Crippen LogP contribution >= 0.6 is 11.3 Å². The van der Waals surface area contributed by atoms with Crippen LogP contribution < -0.4 is 5.32 Å². The second kappa shape index (κ2) is 7.90. The van der Waals surface area contributed by atoms with Gasteiger partial charge in [-0.1, -0.05) is 0 Å². The van der Waals surface area contributed by atoms with Crippen molar-refractivity contribution in [2.75, 3.05) is 19.7 Å². The lowest BCUT2D eigenvalue weighted by Crippen LogP contribution is -2.65. The van der Waals surface area contributed by atoms with Gasteiger partial charge < -0.3 is 15.2 Å². The van der Waals surface area contributed by atoms with Gasteiger partial charge in [0.25, 0.3) is 0 Å². The third kappa shape index (κ3) is 4.27. The van der Waals surface area contributed by atoms with Crippen molar-refractivity contribution in [2.45, 2.75) is 56.5 Å². The smallest absolute Gasteiger partial charge is 0.242 e. The van der Waals surface area contributed by atoms with Gasteiger partial charge in [0.05, 0.1) is 29.0 Å². The lowest BCUT2D eigenvalue weighted by molar-refractivity contribution is -0.181. The maximum atomic E-state index is 12.5. The third-order valence-corrected chi connectivity index (χ3v) is 6.53. The van der Waals surface area contributed by atoms with Crippen LogP contribution in [-0.4, -0.2) is 67.6 Å². The van der Waals surface area contributed by atoms with E-state index in [1.165, 1.54) is 0 Å². The molecular formula is C19H27N5O3S. The Bertz CT molecular complexity index is 774. The van der Waals surface area contributed by atoms with E-state index in [9.17, 15) is 9.90 Å². The Balaban J connectivity index is 1.36. The molecule has 0 aromatic carbocycles. The highest BCUT2D eigenvalue weighted by molar-refractivity contribution is 7.07.